The number of aryl methyl sites for hydroxylation is 1. The number of methoxy groups -OCH3 is 1. The standard InChI is InChI=1S/C22H27N3O3/c1-28-20-9-5-2-6-16(20)10-11-21(26)24-18-7-3-4-8-19(18)25-14-12-17(13-15-25)22(23)27/h2-9,17H,10-15H2,1H3,(H2,23,27)(H,24,26). The van der Waals surface area contributed by atoms with Gasteiger partial charge < -0.3 is 20.7 Å². The summed E-state index contributed by atoms with van der Waals surface area (Å²) < 4.78 is 5.35. The monoisotopic (exact) mass is 381 g/mol. The van der Waals surface area contributed by atoms with Gasteiger partial charge in [0.05, 0.1) is 18.5 Å². The highest BCUT2D eigenvalue weighted by molar-refractivity contribution is 5.94. The zero-order valence-corrected chi connectivity index (χ0v) is 16.2. The van der Waals surface area contributed by atoms with Gasteiger partial charge in [0.1, 0.15) is 5.75 Å². The summed E-state index contributed by atoms with van der Waals surface area (Å²) in [6, 6.07) is 15.5. The van der Waals surface area contributed by atoms with Crippen LogP contribution in [0.4, 0.5) is 11.4 Å². The number of hydrogen-bond acceptors (Lipinski definition) is 4. The summed E-state index contributed by atoms with van der Waals surface area (Å²) in [5.74, 6) is 0.481. The van der Waals surface area contributed by atoms with Crippen molar-refractivity contribution in [3.8, 4) is 5.75 Å². The first-order chi connectivity index (χ1) is 13.6. The summed E-state index contributed by atoms with van der Waals surface area (Å²) in [7, 11) is 1.64. The molecular weight excluding hydrogens is 354 g/mol. The van der Waals surface area contributed by atoms with E-state index in [0.29, 0.717) is 12.8 Å². The number of para-hydroxylation sites is 3. The fraction of sp³-hybridized carbons (Fsp3) is 0.364. The van der Waals surface area contributed by atoms with E-state index in [2.05, 4.69) is 10.2 Å². The zero-order valence-electron chi connectivity index (χ0n) is 16.2. The van der Waals surface area contributed by atoms with Crippen LogP contribution in [-0.4, -0.2) is 32.0 Å². The Morgan fingerprint density at radius 2 is 1.79 bits per heavy atom. The summed E-state index contributed by atoms with van der Waals surface area (Å²) in [6.45, 7) is 1.50. The second-order valence-corrected chi connectivity index (χ2v) is 7.04. The molecule has 0 atom stereocenters. The van der Waals surface area contributed by atoms with Crippen molar-refractivity contribution in [2.45, 2.75) is 25.7 Å². The van der Waals surface area contributed by atoms with E-state index in [1.807, 2.05) is 48.5 Å². The molecule has 1 heterocycles. The summed E-state index contributed by atoms with van der Waals surface area (Å²) in [6.07, 6.45) is 2.47. The van der Waals surface area contributed by atoms with Gasteiger partial charge in [-0.25, -0.2) is 0 Å². The van der Waals surface area contributed by atoms with Crippen LogP contribution in [0.15, 0.2) is 48.5 Å². The number of piperidine rings is 1. The van der Waals surface area contributed by atoms with E-state index in [4.69, 9.17) is 10.5 Å². The molecule has 0 unspecified atom stereocenters. The Bertz CT molecular complexity index is 829. The van der Waals surface area contributed by atoms with Crippen molar-refractivity contribution in [3.63, 3.8) is 0 Å². The minimum absolute atomic E-state index is 0.0367. The van der Waals surface area contributed by atoms with Crippen molar-refractivity contribution in [3.05, 3.63) is 54.1 Å². The van der Waals surface area contributed by atoms with Crippen LogP contribution in [0.25, 0.3) is 0 Å². The third-order valence-electron chi connectivity index (χ3n) is 5.23. The number of nitrogens with two attached hydrogens (primary N) is 1. The Balaban J connectivity index is 1.62. The fourth-order valence-corrected chi connectivity index (χ4v) is 3.63. The third-order valence-corrected chi connectivity index (χ3v) is 5.23. The molecule has 2 aromatic rings. The molecule has 3 N–H and O–H groups in total. The first-order valence-electron chi connectivity index (χ1n) is 9.63. The van der Waals surface area contributed by atoms with Gasteiger partial charge in [-0.15, -0.1) is 0 Å². The molecule has 0 radical (unpaired) electrons. The lowest BCUT2D eigenvalue weighted by molar-refractivity contribution is -0.122. The number of nitrogens with zero attached hydrogens (tertiary/aromatic N) is 1. The molecule has 0 saturated carbocycles. The maximum Gasteiger partial charge on any atom is 0.224 e. The highest BCUT2D eigenvalue weighted by atomic mass is 16.5. The lowest BCUT2D eigenvalue weighted by Crippen LogP contribution is -2.38. The number of rotatable bonds is 7. The Hall–Kier alpha value is -3.02. The van der Waals surface area contributed by atoms with Crippen LogP contribution in [0, 0.1) is 5.92 Å². The smallest absolute Gasteiger partial charge is 0.224 e. The van der Waals surface area contributed by atoms with Crippen LogP contribution >= 0.6 is 0 Å². The summed E-state index contributed by atoms with van der Waals surface area (Å²) >= 11 is 0. The van der Waals surface area contributed by atoms with Gasteiger partial charge in [0.2, 0.25) is 11.8 Å². The highest BCUT2D eigenvalue weighted by Crippen LogP contribution is 2.30. The number of carbonyl (C=O) groups excluding carboxylic acids is 2. The van der Waals surface area contributed by atoms with Crippen LogP contribution in [0.1, 0.15) is 24.8 Å². The molecular formula is C22H27N3O3. The van der Waals surface area contributed by atoms with E-state index >= 15 is 0 Å². The van der Waals surface area contributed by atoms with Crippen LogP contribution in [0.3, 0.4) is 0 Å². The van der Waals surface area contributed by atoms with Crippen molar-refractivity contribution in [2.75, 3.05) is 30.4 Å². The summed E-state index contributed by atoms with van der Waals surface area (Å²) in [5, 5.41) is 3.04. The zero-order chi connectivity index (χ0) is 19.9. The van der Waals surface area contributed by atoms with Crippen molar-refractivity contribution >= 4 is 23.2 Å². The molecule has 28 heavy (non-hydrogen) atoms. The van der Waals surface area contributed by atoms with Crippen LogP contribution in [0.5, 0.6) is 5.75 Å². The number of hydrogen-bond donors (Lipinski definition) is 2. The predicted octanol–water partition coefficient (Wildman–Crippen LogP) is 2.97. The van der Waals surface area contributed by atoms with Crippen LogP contribution < -0.4 is 20.7 Å². The van der Waals surface area contributed by atoms with Crippen LogP contribution in [0.2, 0.25) is 0 Å². The van der Waals surface area contributed by atoms with E-state index in [0.717, 1.165) is 48.6 Å². The summed E-state index contributed by atoms with van der Waals surface area (Å²) in [4.78, 5) is 26.1. The summed E-state index contributed by atoms with van der Waals surface area (Å²) in [5.41, 5.74) is 8.22. The first-order valence-corrected chi connectivity index (χ1v) is 9.63. The molecule has 0 aliphatic carbocycles. The van der Waals surface area contributed by atoms with Crippen molar-refractivity contribution in [1.82, 2.24) is 0 Å². The van der Waals surface area contributed by atoms with E-state index < -0.39 is 0 Å². The van der Waals surface area contributed by atoms with Crippen molar-refractivity contribution in [2.24, 2.45) is 11.7 Å². The number of anilines is 2. The molecule has 1 fully saturated rings. The van der Waals surface area contributed by atoms with Crippen LogP contribution in [-0.2, 0) is 16.0 Å². The van der Waals surface area contributed by atoms with Gasteiger partial charge in [-0.05, 0) is 43.0 Å². The quantitative estimate of drug-likeness (QED) is 0.772. The topological polar surface area (TPSA) is 84.7 Å². The molecule has 6 heteroatoms. The largest absolute Gasteiger partial charge is 0.496 e. The molecule has 3 rings (SSSR count). The van der Waals surface area contributed by atoms with Crippen molar-refractivity contribution in [1.29, 1.82) is 0 Å². The van der Waals surface area contributed by atoms with E-state index in [1.54, 1.807) is 7.11 Å². The number of carbonyl (C=O) groups is 2. The van der Waals surface area contributed by atoms with E-state index in [-0.39, 0.29) is 17.7 Å². The number of benzene rings is 2. The van der Waals surface area contributed by atoms with E-state index in [9.17, 15) is 9.59 Å². The van der Waals surface area contributed by atoms with Gasteiger partial charge in [-0.1, -0.05) is 30.3 Å². The molecule has 2 aromatic carbocycles. The Morgan fingerprint density at radius 3 is 2.50 bits per heavy atom. The number of primary amides is 1. The molecule has 0 bridgehead atoms. The second kappa shape index (κ2) is 9.26. The molecule has 2 amide bonds. The lowest BCUT2D eigenvalue weighted by atomic mass is 9.96. The second-order valence-electron chi connectivity index (χ2n) is 7.04. The molecule has 1 aliphatic rings. The number of amides is 2. The van der Waals surface area contributed by atoms with Gasteiger partial charge >= 0.3 is 0 Å². The molecule has 0 aromatic heterocycles. The maximum atomic E-state index is 12.5. The first kappa shape index (κ1) is 19.7. The number of nitrogens with one attached hydrogen (secondary N) is 1. The molecule has 6 nitrogen and oxygen atoms in total. The normalized spacial score (nSPS) is 14.5. The van der Waals surface area contributed by atoms with Gasteiger partial charge in [0.25, 0.3) is 0 Å². The molecule has 0 spiro atoms. The Kier molecular flexibility index (Phi) is 6.53. The fourth-order valence-electron chi connectivity index (χ4n) is 3.63. The predicted molar refractivity (Wildman–Crippen MR) is 111 cm³/mol. The average molecular weight is 381 g/mol. The van der Waals surface area contributed by atoms with Gasteiger partial charge in [0, 0.05) is 25.4 Å². The average Bonchev–Trinajstić information content (AvgIpc) is 2.73. The Labute approximate surface area is 165 Å². The van der Waals surface area contributed by atoms with Gasteiger partial charge in [-0.3, -0.25) is 9.59 Å². The maximum absolute atomic E-state index is 12.5. The number of ether oxygens (including phenoxy) is 1. The van der Waals surface area contributed by atoms with Gasteiger partial charge in [-0.2, -0.15) is 0 Å². The highest BCUT2D eigenvalue weighted by Gasteiger charge is 2.24. The van der Waals surface area contributed by atoms with Crippen molar-refractivity contribution < 1.29 is 14.3 Å². The minimum Gasteiger partial charge on any atom is -0.496 e. The van der Waals surface area contributed by atoms with Gasteiger partial charge in [0.15, 0.2) is 0 Å². The van der Waals surface area contributed by atoms with E-state index in [1.165, 1.54) is 0 Å². The molecule has 148 valence electrons. The molecule has 1 aliphatic heterocycles. The minimum atomic E-state index is -0.224. The Morgan fingerprint density at radius 1 is 1.11 bits per heavy atom. The lowest BCUT2D eigenvalue weighted by Gasteiger charge is -2.33. The third kappa shape index (κ3) is 4.82. The SMILES string of the molecule is COc1ccccc1CCC(=O)Nc1ccccc1N1CCC(C(N)=O)CC1. The molecule has 1 saturated heterocycles.